The average molecular weight is 770 g/mol. The smallest absolute Gasteiger partial charge is 0.324 e. The molecule has 284 valence electrons. The van der Waals surface area contributed by atoms with E-state index >= 15 is 0 Å². The fourth-order valence-corrected chi connectivity index (χ4v) is 6.66. The van der Waals surface area contributed by atoms with Gasteiger partial charge in [0.2, 0.25) is 5.91 Å². The summed E-state index contributed by atoms with van der Waals surface area (Å²) in [5, 5.41) is 9.37. The normalized spacial score (nSPS) is 28.9. The first-order valence-electron chi connectivity index (χ1n) is 16.1. The van der Waals surface area contributed by atoms with Gasteiger partial charge in [-0.05, 0) is 49.7 Å². The van der Waals surface area contributed by atoms with Gasteiger partial charge in [-0.25, -0.2) is 0 Å². The molecule has 50 heavy (non-hydrogen) atoms. The first-order chi connectivity index (χ1) is 23.6. The Morgan fingerprint density at radius 1 is 0.860 bits per heavy atom. The molecular formula is C29H49BN3O14PS2. The molecule has 0 spiro atoms. The van der Waals surface area contributed by atoms with Crippen molar-refractivity contribution in [3.8, 4) is 0 Å². The molecule has 0 aromatic rings. The fourth-order valence-electron chi connectivity index (χ4n) is 5.48. The Bertz CT molecular complexity index is 1190. The Kier molecular flexibility index (Phi) is 19.6. The third kappa shape index (κ3) is 15.3. The lowest BCUT2D eigenvalue weighted by atomic mass is 9.82. The van der Waals surface area contributed by atoms with E-state index in [0.717, 1.165) is 0 Å². The van der Waals surface area contributed by atoms with E-state index in [-0.39, 0.29) is 25.7 Å². The monoisotopic (exact) mass is 769 g/mol. The van der Waals surface area contributed by atoms with Gasteiger partial charge in [-0.15, -0.1) is 0 Å². The van der Waals surface area contributed by atoms with Crippen LogP contribution in [-0.2, 0) is 73.2 Å². The first-order valence-corrected chi connectivity index (χ1v) is 19.1. The van der Waals surface area contributed by atoms with Crippen molar-refractivity contribution in [3.05, 3.63) is 0 Å². The van der Waals surface area contributed by atoms with Crippen molar-refractivity contribution in [1.29, 1.82) is 0 Å². The van der Waals surface area contributed by atoms with Crippen LogP contribution in [0.1, 0.15) is 53.4 Å². The lowest BCUT2D eigenvalue weighted by Gasteiger charge is -2.44. The van der Waals surface area contributed by atoms with E-state index in [0.29, 0.717) is 43.9 Å². The van der Waals surface area contributed by atoms with Crippen molar-refractivity contribution in [3.63, 3.8) is 0 Å². The van der Waals surface area contributed by atoms with Crippen LogP contribution in [0.15, 0.2) is 0 Å². The van der Waals surface area contributed by atoms with Crippen LogP contribution in [0.3, 0.4) is 0 Å². The Hall–Kier alpha value is -2.00. The van der Waals surface area contributed by atoms with Crippen molar-refractivity contribution in [2.75, 3.05) is 47.1 Å². The quantitative estimate of drug-likeness (QED) is 0.0323. The molecule has 2 radical (unpaired) electrons. The van der Waals surface area contributed by atoms with Crippen LogP contribution in [0.5, 0.6) is 0 Å². The summed E-state index contributed by atoms with van der Waals surface area (Å²) in [6, 6.07) is -1.67. The van der Waals surface area contributed by atoms with Crippen molar-refractivity contribution >= 4 is 67.5 Å². The number of nitrogens with one attached hydrogen (secondary N) is 3. The van der Waals surface area contributed by atoms with Crippen LogP contribution in [-0.4, -0.2) is 138 Å². The Morgan fingerprint density at radius 2 is 1.48 bits per heavy atom. The van der Waals surface area contributed by atoms with Crippen molar-refractivity contribution in [2.45, 2.75) is 102 Å². The highest BCUT2D eigenvalue weighted by molar-refractivity contribution is 8.07. The Balaban J connectivity index is 1.85. The van der Waals surface area contributed by atoms with Gasteiger partial charge < -0.3 is 63.0 Å². The Morgan fingerprint density at radius 3 is 2.06 bits per heavy atom. The second-order valence-corrected chi connectivity index (χ2v) is 14.9. The molecule has 17 nitrogen and oxygen atoms in total. The van der Waals surface area contributed by atoms with Gasteiger partial charge in [0, 0.05) is 73.5 Å². The SMILES string of the molecule is [B][C@@H]1O[C@H](COC)[C@H](OP(O)(=S)OC)C1CCCNC(=S)NCCCCO[C@@H]1O[C@H](COC(C)=O)[C@H](OC(C)=O)[C@H](OC(C)=O)[C@H]1NC(C)=O. The van der Waals surface area contributed by atoms with Gasteiger partial charge in [0.1, 0.15) is 38.8 Å². The van der Waals surface area contributed by atoms with Gasteiger partial charge in [0.25, 0.3) is 0 Å². The third-order valence-electron chi connectivity index (χ3n) is 7.57. The minimum atomic E-state index is -3.45. The zero-order chi connectivity index (χ0) is 37.4. The standard InChI is InChI=1S/C29H49BN3O14PS2/c1-16(34)33-23-26(44-19(4)37)25(43-18(3)36)22(15-42-17(2)35)46-28(23)41-13-8-7-11-31-29(49)32-12-9-10-20-24(47-48(38,50)40-6)21(14-39-5)45-27(20)30/h20-28H,7-15H2,1-6H3,(H,33,34)(H,38,50)(H2,31,32,49)/t20?,21-,22-,23-,24-,25+,26-,27-,28-,48?/m1/s1. The molecule has 10 atom stereocenters. The zero-order valence-corrected chi connectivity index (χ0v) is 31.7. The van der Waals surface area contributed by atoms with E-state index in [1.165, 1.54) is 41.9 Å². The molecule has 2 saturated heterocycles. The van der Waals surface area contributed by atoms with Gasteiger partial charge in [-0.2, -0.15) is 0 Å². The second-order valence-electron chi connectivity index (χ2n) is 11.6. The van der Waals surface area contributed by atoms with Crippen LogP contribution in [0.2, 0.25) is 0 Å². The van der Waals surface area contributed by atoms with E-state index in [1.54, 1.807) is 0 Å². The molecule has 2 rings (SSSR count). The molecular weight excluding hydrogens is 720 g/mol. The molecule has 2 aliphatic heterocycles. The van der Waals surface area contributed by atoms with Crippen LogP contribution in [0.4, 0.5) is 0 Å². The summed E-state index contributed by atoms with van der Waals surface area (Å²) in [6.07, 6.45) is -3.21. The van der Waals surface area contributed by atoms with Gasteiger partial charge in [-0.1, -0.05) is 0 Å². The highest BCUT2D eigenvalue weighted by Gasteiger charge is 2.51. The highest BCUT2D eigenvalue weighted by atomic mass is 32.5. The number of hydrogen-bond acceptors (Lipinski definition) is 15. The summed E-state index contributed by atoms with van der Waals surface area (Å²) < 4.78 is 49.5. The molecule has 2 aliphatic rings. The first kappa shape index (κ1) is 44.2. The largest absolute Gasteiger partial charge is 0.463 e. The summed E-state index contributed by atoms with van der Waals surface area (Å²) in [6.45, 7) is 2.49. The third-order valence-corrected chi connectivity index (χ3v) is 9.53. The van der Waals surface area contributed by atoms with Gasteiger partial charge in [0.15, 0.2) is 23.6 Å². The van der Waals surface area contributed by atoms with E-state index in [1.807, 2.05) is 0 Å². The number of amides is 1. The summed E-state index contributed by atoms with van der Waals surface area (Å²) in [5.74, 6) is -2.70. The van der Waals surface area contributed by atoms with Crippen LogP contribution < -0.4 is 16.0 Å². The average Bonchev–Trinajstić information content (AvgIpc) is 3.30. The summed E-state index contributed by atoms with van der Waals surface area (Å²) in [7, 11) is 9.01. The maximum absolute atomic E-state index is 12.1. The molecule has 2 heterocycles. The van der Waals surface area contributed by atoms with E-state index in [2.05, 4.69) is 16.0 Å². The summed E-state index contributed by atoms with van der Waals surface area (Å²) in [4.78, 5) is 57.7. The highest BCUT2D eigenvalue weighted by Crippen LogP contribution is 2.48. The summed E-state index contributed by atoms with van der Waals surface area (Å²) in [5.41, 5.74) is 0. The molecule has 2 fully saturated rings. The van der Waals surface area contributed by atoms with Crippen molar-refractivity contribution < 1.29 is 66.3 Å². The molecule has 4 N–H and O–H groups in total. The molecule has 0 aromatic heterocycles. The van der Waals surface area contributed by atoms with Gasteiger partial charge >= 0.3 is 24.6 Å². The van der Waals surface area contributed by atoms with E-state index in [4.69, 9.17) is 74.1 Å². The number of unbranched alkanes of at least 4 members (excludes halogenated alkanes) is 1. The molecule has 0 saturated carbocycles. The summed E-state index contributed by atoms with van der Waals surface area (Å²) >= 11 is 10.4. The Labute approximate surface area is 304 Å². The van der Waals surface area contributed by atoms with E-state index in [9.17, 15) is 24.1 Å². The van der Waals surface area contributed by atoms with Gasteiger partial charge in [-0.3, -0.25) is 19.2 Å². The van der Waals surface area contributed by atoms with Crippen LogP contribution >= 0.6 is 18.9 Å². The predicted octanol–water partition coefficient (Wildman–Crippen LogP) is 0.0880. The maximum Gasteiger partial charge on any atom is 0.324 e. The number of ether oxygens (including phenoxy) is 7. The number of esters is 3. The topological polar surface area (TPSA) is 208 Å². The predicted molar refractivity (Wildman–Crippen MR) is 185 cm³/mol. The van der Waals surface area contributed by atoms with Crippen LogP contribution in [0, 0.1) is 5.92 Å². The molecule has 21 heteroatoms. The number of carbonyl (C=O) groups is 4. The molecule has 2 unspecified atom stereocenters. The minimum absolute atomic E-state index is 0.176. The van der Waals surface area contributed by atoms with Gasteiger partial charge in [0.05, 0.1) is 6.61 Å². The number of rotatable bonds is 20. The lowest BCUT2D eigenvalue weighted by molar-refractivity contribution is -0.277. The number of thiocarbonyl (C=S) groups is 1. The molecule has 0 aliphatic carbocycles. The maximum atomic E-state index is 12.1. The number of methoxy groups -OCH3 is 1. The second kappa shape index (κ2) is 22.2. The number of carbonyl (C=O) groups excluding carboxylic acids is 4. The minimum Gasteiger partial charge on any atom is -0.463 e. The van der Waals surface area contributed by atoms with E-state index < -0.39 is 79.4 Å². The van der Waals surface area contributed by atoms with Crippen LogP contribution in [0.25, 0.3) is 0 Å². The molecule has 0 bridgehead atoms. The van der Waals surface area contributed by atoms with Crippen molar-refractivity contribution in [2.24, 2.45) is 5.92 Å². The number of hydrogen-bond donors (Lipinski definition) is 4. The zero-order valence-electron chi connectivity index (χ0n) is 29.2. The van der Waals surface area contributed by atoms with Crippen molar-refractivity contribution in [1.82, 2.24) is 16.0 Å². The molecule has 0 aromatic carbocycles. The lowest BCUT2D eigenvalue weighted by Crippen LogP contribution is -2.66. The molecule has 1 amide bonds. The fraction of sp³-hybridized carbons (Fsp3) is 0.828.